The molecule has 2 rings (SSSR count). The van der Waals surface area contributed by atoms with E-state index in [2.05, 4.69) is 10.3 Å². The number of nitrogens with zero attached hydrogens (tertiary/aromatic N) is 1. The lowest BCUT2D eigenvalue weighted by molar-refractivity contribution is -0.127. The van der Waals surface area contributed by atoms with Crippen LogP contribution in [0.3, 0.4) is 0 Å². The molecule has 0 aliphatic carbocycles. The third kappa shape index (κ3) is 3.25. The zero-order chi connectivity index (χ0) is 12.8. The van der Waals surface area contributed by atoms with Crippen molar-refractivity contribution < 1.29 is 9.59 Å². The van der Waals surface area contributed by atoms with E-state index in [0.29, 0.717) is 5.69 Å². The summed E-state index contributed by atoms with van der Waals surface area (Å²) >= 11 is 0. The summed E-state index contributed by atoms with van der Waals surface area (Å²) in [5, 5.41) is 2.47. The third-order valence-electron chi connectivity index (χ3n) is 2.49. The molecule has 0 saturated heterocycles. The highest BCUT2D eigenvalue weighted by molar-refractivity contribution is 6.29. The Kier molecular flexibility index (Phi) is 3.81. The van der Waals surface area contributed by atoms with Crippen LogP contribution >= 0.6 is 0 Å². The number of benzene rings is 1. The van der Waals surface area contributed by atoms with Gasteiger partial charge in [-0.3, -0.25) is 14.6 Å². The molecule has 0 unspecified atom stereocenters. The van der Waals surface area contributed by atoms with Gasteiger partial charge < -0.3 is 5.32 Å². The topological polar surface area (TPSA) is 59.1 Å². The van der Waals surface area contributed by atoms with Crippen molar-refractivity contribution in [3.63, 3.8) is 0 Å². The first kappa shape index (κ1) is 12.0. The Bertz CT molecular complexity index is 535. The maximum absolute atomic E-state index is 10.9. The van der Waals surface area contributed by atoms with Crippen LogP contribution in [0, 0.1) is 0 Å². The van der Waals surface area contributed by atoms with Gasteiger partial charge in [0, 0.05) is 18.1 Å². The van der Waals surface area contributed by atoms with Gasteiger partial charge in [-0.05, 0) is 41.8 Å². The molecule has 0 aliphatic heterocycles. The predicted octanol–water partition coefficient (Wildman–Crippen LogP) is 1.81. The molecule has 2 aromatic rings. The minimum absolute atomic E-state index is 0.255. The monoisotopic (exact) mass is 240 g/mol. The van der Waals surface area contributed by atoms with E-state index in [1.54, 1.807) is 24.5 Å². The lowest BCUT2D eigenvalue weighted by atomic mass is 10.1. The number of anilines is 1. The Morgan fingerprint density at radius 2 is 1.67 bits per heavy atom. The highest BCUT2D eigenvalue weighted by atomic mass is 16.2. The number of pyridine rings is 1. The first-order chi connectivity index (χ1) is 8.78. The molecule has 18 heavy (non-hydrogen) atoms. The van der Waals surface area contributed by atoms with Crippen LogP contribution in [0.2, 0.25) is 0 Å². The fraction of sp³-hybridized carbons (Fsp3) is 0.0714. The fourth-order valence-corrected chi connectivity index (χ4v) is 1.61. The maximum Gasteiger partial charge on any atom is 0.288 e. The first-order valence-corrected chi connectivity index (χ1v) is 5.52. The van der Waals surface area contributed by atoms with E-state index >= 15 is 0 Å². The molecular formula is C14H12N2O2. The van der Waals surface area contributed by atoms with Crippen molar-refractivity contribution in [3.05, 3.63) is 59.9 Å². The van der Waals surface area contributed by atoms with Crippen molar-refractivity contribution in [2.75, 3.05) is 5.32 Å². The van der Waals surface area contributed by atoms with Gasteiger partial charge in [-0.15, -0.1) is 0 Å². The number of aromatic nitrogens is 1. The Morgan fingerprint density at radius 3 is 2.28 bits per heavy atom. The van der Waals surface area contributed by atoms with E-state index < -0.39 is 5.91 Å². The number of hydrogen-bond acceptors (Lipinski definition) is 3. The summed E-state index contributed by atoms with van der Waals surface area (Å²) in [5.74, 6) is -0.642. The standard InChI is InChI=1S/C14H12N2O2/c17-10-14(18)16-13-3-1-11(2-4-13)9-12-5-7-15-8-6-12/h1-8,10H,9H2,(H,16,18). The van der Waals surface area contributed by atoms with Gasteiger partial charge in [-0.1, -0.05) is 12.1 Å². The highest BCUT2D eigenvalue weighted by Gasteiger charge is 2.00. The molecule has 0 aliphatic rings. The van der Waals surface area contributed by atoms with Gasteiger partial charge in [-0.2, -0.15) is 0 Å². The summed E-state index contributed by atoms with van der Waals surface area (Å²) < 4.78 is 0. The number of aldehydes is 1. The van der Waals surface area contributed by atoms with E-state index in [1.807, 2.05) is 24.3 Å². The molecule has 4 nitrogen and oxygen atoms in total. The molecule has 90 valence electrons. The van der Waals surface area contributed by atoms with Gasteiger partial charge in [0.1, 0.15) is 0 Å². The second-order valence-corrected chi connectivity index (χ2v) is 3.84. The van der Waals surface area contributed by atoms with Gasteiger partial charge in [0.15, 0.2) is 0 Å². The maximum atomic E-state index is 10.9. The van der Waals surface area contributed by atoms with Crippen molar-refractivity contribution in [2.24, 2.45) is 0 Å². The number of amides is 1. The van der Waals surface area contributed by atoms with E-state index in [0.717, 1.165) is 12.0 Å². The molecule has 4 heteroatoms. The van der Waals surface area contributed by atoms with Gasteiger partial charge in [0.25, 0.3) is 5.91 Å². The summed E-state index contributed by atoms with van der Waals surface area (Å²) in [4.78, 5) is 25.0. The number of carbonyl (C=O) groups excluding carboxylic acids is 2. The van der Waals surface area contributed by atoms with Crippen molar-refractivity contribution >= 4 is 17.9 Å². The smallest absolute Gasteiger partial charge is 0.288 e. The van der Waals surface area contributed by atoms with Crippen molar-refractivity contribution in [3.8, 4) is 0 Å². The van der Waals surface area contributed by atoms with Crippen LogP contribution in [0.5, 0.6) is 0 Å². The average Bonchev–Trinajstić information content (AvgIpc) is 2.42. The Hall–Kier alpha value is -2.49. The summed E-state index contributed by atoms with van der Waals surface area (Å²) in [7, 11) is 0. The second-order valence-electron chi connectivity index (χ2n) is 3.84. The van der Waals surface area contributed by atoms with Gasteiger partial charge in [-0.25, -0.2) is 0 Å². The number of carbonyl (C=O) groups is 2. The Morgan fingerprint density at radius 1 is 1.06 bits per heavy atom. The number of hydrogen-bond donors (Lipinski definition) is 1. The quantitative estimate of drug-likeness (QED) is 0.655. The Labute approximate surface area is 105 Å². The van der Waals surface area contributed by atoms with E-state index in [9.17, 15) is 9.59 Å². The highest BCUT2D eigenvalue weighted by Crippen LogP contribution is 2.12. The largest absolute Gasteiger partial charge is 0.320 e. The van der Waals surface area contributed by atoms with Crippen LogP contribution in [0.1, 0.15) is 11.1 Å². The average molecular weight is 240 g/mol. The van der Waals surface area contributed by atoms with Crippen LogP contribution in [0.4, 0.5) is 5.69 Å². The molecule has 1 N–H and O–H groups in total. The number of rotatable bonds is 4. The molecule has 0 bridgehead atoms. The summed E-state index contributed by atoms with van der Waals surface area (Å²) in [5.41, 5.74) is 2.92. The van der Waals surface area contributed by atoms with Crippen molar-refractivity contribution in [1.29, 1.82) is 0 Å². The van der Waals surface area contributed by atoms with Gasteiger partial charge >= 0.3 is 0 Å². The molecule has 0 fully saturated rings. The lowest BCUT2D eigenvalue weighted by Crippen LogP contribution is -2.11. The Balaban J connectivity index is 2.04. The minimum Gasteiger partial charge on any atom is -0.320 e. The van der Waals surface area contributed by atoms with Gasteiger partial charge in [0.2, 0.25) is 6.29 Å². The molecule has 1 aromatic heterocycles. The van der Waals surface area contributed by atoms with E-state index in [-0.39, 0.29) is 6.29 Å². The fourth-order valence-electron chi connectivity index (χ4n) is 1.61. The zero-order valence-corrected chi connectivity index (χ0v) is 9.67. The predicted molar refractivity (Wildman–Crippen MR) is 68.2 cm³/mol. The van der Waals surface area contributed by atoms with Crippen LogP contribution in [-0.2, 0) is 16.0 Å². The first-order valence-electron chi connectivity index (χ1n) is 5.52. The lowest BCUT2D eigenvalue weighted by Gasteiger charge is -2.04. The van der Waals surface area contributed by atoms with Crippen LogP contribution in [-0.4, -0.2) is 17.2 Å². The molecule has 0 atom stereocenters. The van der Waals surface area contributed by atoms with E-state index in [4.69, 9.17) is 0 Å². The SMILES string of the molecule is O=CC(=O)Nc1ccc(Cc2ccncc2)cc1. The zero-order valence-electron chi connectivity index (χ0n) is 9.67. The van der Waals surface area contributed by atoms with Crippen LogP contribution in [0.25, 0.3) is 0 Å². The summed E-state index contributed by atoms with van der Waals surface area (Å²) in [6.45, 7) is 0. The van der Waals surface area contributed by atoms with Crippen LogP contribution < -0.4 is 5.32 Å². The normalized spacial score (nSPS) is 9.78. The second kappa shape index (κ2) is 5.72. The number of nitrogens with one attached hydrogen (secondary N) is 1. The minimum atomic E-state index is -0.642. The molecule has 0 radical (unpaired) electrons. The summed E-state index contributed by atoms with van der Waals surface area (Å²) in [6, 6.07) is 11.3. The summed E-state index contributed by atoms with van der Waals surface area (Å²) in [6.07, 6.45) is 4.58. The van der Waals surface area contributed by atoms with Crippen molar-refractivity contribution in [2.45, 2.75) is 6.42 Å². The van der Waals surface area contributed by atoms with Crippen LogP contribution in [0.15, 0.2) is 48.8 Å². The van der Waals surface area contributed by atoms with E-state index in [1.165, 1.54) is 5.56 Å². The molecular weight excluding hydrogens is 228 g/mol. The molecule has 0 spiro atoms. The molecule has 1 aromatic carbocycles. The van der Waals surface area contributed by atoms with Crippen molar-refractivity contribution in [1.82, 2.24) is 4.98 Å². The third-order valence-corrected chi connectivity index (χ3v) is 2.49. The molecule has 0 saturated carbocycles. The molecule has 1 amide bonds. The molecule has 1 heterocycles. The van der Waals surface area contributed by atoms with Gasteiger partial charge in [0.05, 0.1) is 0 Å².